The molecule has 0 saturated heterocycles. The number of non-ortho nitro benzene ring substituents is 1. The summed E-state index contributed by atoms with van der Waals surface area (Å²) >= 11 is 0. The summed E-state index contributed by atoms with van der Waals surface area (Å²) in [5.41, 5.74) is 0.933. The molecule has 0 unspecified atom stereocenters. The zero-order valence-electron chi connectivity index (χ0n) is 8.84. The molecule has 1 N–H and O–H groups in total. The minimum Gasteiger partial charge on any atom is -0.424 e. The van der Waals surface area contributed by atoms with Crippen LogP contribution in [0.5, 0.6) is 0 Å². The van der Waals surface area contributed by atoms with Gasteiger partial charge in [0.05, 0.1) is 4.92 Å². The molecule has 6 nitrogen and oxygen atoms in total. The van der Waals surface area contributed by atoms with E-state index in [4.69, 9.17) is 10.8 Å². The van der Waals surface area contributed by atoms with Crippen molar-refractivity contribution in [3.05, 3.63) is 28.3 Å². The van der Waals surface area contributed by atoms with Gasteiger partial charge in [-0.3, -0.25) is 10.1 Å². The average Bonchev–Trinajstić information content (AvgIpc) is 2.70. The van der Waals surface area contributed by atoms with E-state index in [-0.39, 0.29) is 5.69 Å². The Balaban J connectivity index is 2.25. The number of hydrogen-bond donors (Lipinski definition) is 1. The highest BCUT2D eigenvalue weighted by Gasteiger charge is 2.10. The summed E-state index contributed by atoms with van der Waals surface area (Å²) in [7, 11) is 0. The summed E-state index contributed by atoms with van der Waals surface area (Å²) in [4.78, 5) is 14.2. The zero-order chi connectivity index (χ0) is 12.3. The molecule has 86 valence electrons. The van der Waals surface area contributed by atoms with Crippen molar-refractivity contribution in [2.45, 2.75) is 6.42 Å². The van der Waals surface area contributed by atoms with Gasteiger partial charge in [-0.1, -0.05) is 0 Å². The van der Waals surface area contributed by atoms with E-state index in [9.17, 15) is 10.1 Å². The predicted octanol–water partition coefficient (Wildman–Crippen LogP) is 2.17. The van der Waals surface area contributed by atoms with Crippen LogP contribution in [0.2, 0.25) is 0 Å². The number of nitrogens with one attached hydrogen (secondary N) is 1. The van der Waals surface area contributed by atoms with Gasteiger partial charge in [-0.25, -0.2) is 0 Å². The Labute approximate surface area is 96.8 Å². The number of terminal acetylenes is 1. The number of benzene rings is 1. The first-order valence-electron chi connectivity index (χ1n) is 4.93. The summed E-state index contributed by atoms with van der Waals surface area (Å²) in [5.74, 6) is 2.47. The molecule has 0 aliphatic heterocycles. The lowest BCUT2D eigenvalue weighted by Crippen LogP contribution is -1.99. The Morgan fingerprint density at radius 2 is 2.41 bits per heavy atom. The van der Waals surface area contributed by atoms with Crippen molar-refractivity contribution < 1.29 is 9.34 Å². The van der Waals surface area contributed by atoms with Crippen molar-refractivity contribution in [3.63, 3.8) is 0 Å². The van der Waals surface area contributed by atoms with Gasteiger partial charge in [-0.05, 0) is 6.07 Å². The first kappa shape index (κ1) is 11.0. The molecule has 0 atom stereocenters. The topological polar surface area (TPSA) is 81.2 Å². The molecular weight excluding hydrogens is 222 g/mol. The number of nitro benzene ring substituents is 1. The molecule has 0 saturated carbocycles. The van der Waals surface area contributed by atoms with Gasteiger partial charge in [0.2, 0.25) is 0 Å². The highest BCUT2D eigenvalue weighted by Crippen LogP contribution is 2.23. The number of hydrogen-bond acceptors (Lipinski definition) is 5. The predicted molar refractivity (Wildman–Crippen MR) is 62.6 cm³/mol. The van der Waals surface area contributed by atoms with Gasteiger partial charge in [0.25, 0.3) is 11.7 Å². The Hall–Kier alpha value is -2.55. The van der Waals surface area contributed by atoms with Crippen LogP contribution in [-0.4, -0.2) is 16.5 Å². The molecule has 2 rings (SSSR count). The van der Waals surface area contributed by atoms with Crippen LogP contribution in [0, 0.1) is 22.5 Å². The van der Waals surface area contributed by atoms with Gasteiger partial charge in [0.15, 0.2) is 5.58 Å². The smallest absolute Gasteiger partial charge is 0.295 e. The second kappa shape index (κ2) is 4.53. The SMILES string of the molecule is C#CCCNc1nc2cc([N+](=O)[O-])ccc2o1. The van der Waals surface area contributed by atoms with E-state index < -0.39 is 4.92 Å². The van der Waals surface area contributed by atoms with E-state index >= 15 is 0 Å². The van der Waals surface area contributed by atoms with E-state index in [1.165, 1.54) is 18.2 Å². The van der Waals surface area contributed by atoms with E-state index in [1.54, 1.807) is 0 Å². The van der Waals surface area contributed by atoms with E-state index in [0.29, 0.717) is 30.1 Å². The second-order valence-electron chi connectivity index (χ2n) is 3.31. The lowest BCUT2D eigenvalue weighted by atomic mass is 10.3. The molecule has 0 spiro atoms. The summed E-state index contributed by atoms with van der Waals surface area (Å²) < 4.78 is 5.34. The summed E-state index contributed by atoms with van der Waals surface area (Å²) in [6.07, 6.45) is 5.66. The molecular formula is C11H9N3O3. The lowest BCUT2D eigenvalue weighted by molar-refractivity contribution is -0.384. The standard InChI is InChI=1S/C11H9N3O3/c1-2-3-6-12-11-13-9-7-8(14(15)16)4-5-10(9)17-11/h1,4-5,7H,3,6H2,(H,12,13). The Morgan fingerprint density at radius 1 is 1.59 bits per heavy atom. The molecule has 1 heterocycles. The number of anilines is 1. The maximum atomic E-state index is 10.6. The van der Waals surface area contributed by atoms with Gasteiger partial charge in [-0.15, -0.1) is 12.3 Å². The molecule has 6 heteroatoms. The van der Waals surface area contributed by atoms with Gasteiger partial charge < -0.3 is 9.73 Å². The number of nitro groups is 1. The van der Waals surface area contributed by atoms with Gasteiger partial charge in [-0.2, -0.15) is 4.98 Å². The van der Waals surface area contributed by atoms with Crippen molar-refractivity contribution in [1.29, 1.82) is 0 Å². The maximum absolute atomic E-state index is 10.6. The molecule has 0 amide bonds. The maximum Gasteiger partial charge on any atom is 0.295 e. The molecule has 0 aliphatic rings. The van der Waals surface area contributed by atoms with Gasteiger partial charge in [0.1, 0.15) is 5.52 Å². The average molecular weight is 231 g/mol. The molecule has 0 radical (unpaired) electrons. The third-order valence-electron chi connectivity index (χ3n) is 2.13. The van der Waals surface area contributed by atoms with Crippen LogP contribution < -0.4 is 5.32 Å². The van der Waals surface area contributed by atoms with Crippen LogP contribution in [0.1, 0.15) is 6.42 Å². The van der Waals surface area contributed by atoms with Crippen molar-refractivity contribution in [2.75, 3.05) is 11.9 Å². The summed E-state index contributed by atoms with van der Waals surface area (Å²) in [5, 5.41) is 13.5. The Bertz CT molecular complexity index is 598. The molecule has 1 aromatic carbocycles. The monoisotopic (exact) mass is 231 g/mol. The van der Waals surface area contributed by atoms with Gasteiger partial charge in [0, 0.05) is 25.1 Å². The van der Waals surface area contributed by atoms with Gasteiger partial charge >= 0.3 is 0 Å². The Kier molecular flexibility index (Phi) is 2.92. The summed E-state index contributed by atoms with van der Waals surface area (Å²) in [6.45, 7) is 0.547. The molecule has 2 aromatic rings. The number of fused-ring (bicyclic) bond motifs is 1. The number of oxazole rings is 1. The fraction of sp³-hybridized carbons (Fsp3) is 0.182. The van der Waals surface area contributed by atoms with Crippen LogP contribution in [-0.2, 0) is 0 Å². The minimum absolute atomic E-state index is 0.0130. The molecule has 1 aromatic heterocycles. The molecule has 0 bridgehead atoms. The third kappa shape index (κ3) is 2.34. The van der Waals surface area contributed by atoms with E-state index in [1.807, 2.05) is 0 Å². The quantitative estimate of drug-likeness (QED) is 0.377. The fourth-order valence-corrected chi connectivity index (χ4v) is 1.35. The lowest BCUT2D eigenvalue weighted by Gasteiger charge is -1.94. The first-order chi connectivity index (χ1) is 8.20. The van der Waals surface area contributed by atoms with Crippen molar-refractivity contribution in [3.8, 4) is 12.3 Å². The van der Waals surface area contributed by atoms with Crippen molar-refractivity contribution in [2.24, 2.45) is 0 Å². The third-order valence-corrected chi connectivity index (χ3v) is 2.13. The summed E-state index contributed by atoms with van der Waals surface area (Å²) in [6, 6.07) is 4.58. The van der Waals surface area contributed by atoms with E-state index in [0.717, 1.165) is 0 Å². The van der Waals surface area contributed by atoms with E-state index in [2.05, 4.69) is 16.2 Å². The largest absolute Gasteiger partial charge is 0.424 e. The highest BCUT2D eigenvalue weighted by molar-refractivity contribution is 5.77. The van der Waals surface area contributed by atoms with Crippen molar-refractivity contribution >= 4 is 22.8 Å². The Morgan fingerprint density at radius 3 is 3.12 bits per heavy atom. The molecule has 17 heavy (non-hydrogen) atoms. The number of aromatic nitrogens is 1. The zero-order valence-corrected chi connectivity index (χ0v) is 8.84. The van der Waals surface area contributed by atoms with Crippen LogP contribution in [0.4, 0.5) is 11.7 Å². The van der Waals surface area contributed by atoms with Crippen LogP contribution in [0.3, 0.4) is 0 Å². The fourth-order valence-electron chi connectivity index (χ4n) is 1.35. The molecule has 0 fully saturated rings. The van der Waals surface area contributed by atoms with Crippen LogP contribution >= 0.6 is 0 Å². The normalized spacial score (nSPS) is 10.1. The van der Waals surface area contributed by atoms with Crippen molar-refractivity contribution in [1.82, 2.24) is 4.98 Å². The van der Waals surface area contributed by atoms with Crippen LogP contribution in [0.25, 0.3) is 11.1 Å². The molecule has 0 aliphatic carbocycles. The number of rotatable bonds is 4. The highest BCUT2D eigenvalue weighted by atomic mass is 16.6. The number of nitrogens with zero attached hydrogens (tertiary/aromatic N) is 2. The van der Waals surface area contributed by atoms with Crippen LogP contribution in [0.15, 0.2) is 22.6 Å². The minimum atomic E-state index is -0.473. The first-order valence-corrected chi connectivity index (χ1v) is 4.93. The second-order valence-corrected chi connectivity index (χ2v) is 3.31.